The van der Waals surface area contributed by atoms with E-state index in [2.05, 4.69) is 63.3 Å². The van der Waals surface area contributed by atoms with Crippen LogP contribution in [-0.2, 0) is 13.1 Å². The van der Waals surface area contributed by atoms with Crippen LogP contribution in [0.5, 0.6) is 0 Å². The first-order valence-electron chi connectivity index (χ1n) is 12.6. The van der Waals surface area contributed by atoms with E-state index >= 15 is 0 Å². The number of hydrogen-bond acceptors (Lipinski definition) is 6. The molecule has 3 heterocycles. The summed E-state index contributed by atoms with van der Waals surface area (Å²) in [7, 11) is 0. The Labute approximate surface area is 205 Å². The molecule has 0 unspecified atom stereocenters. The minimum Gasteiger partial charge on any atom is -0.322 e. The van der Waals surface area contributed by atoms with Gasteiger partial charge in [0.05, 0.1) is 12.1 Å². The maximum Gasteiger partial charge on any atom is 0.252 e. The van der Waals surface area contributed by atoms with E-state index in [1.807, 2.05) is 29.1 Å². The van der Waals surface area contributed by atoms with Crippen molar-refractivity contribution in [2.45, 2.75) is 78.0 Å². The van der Waals surface area contributed by atoms with Gasteiger partial charge in [-0.15, -0.1) is 5.10 Å². The lowest BCUT2D eigenvalue weighted by molar-refractivity contribution is 0.158. The zero-order valence-electron chi connectivity index (χ0n) is 20.7. The smallest absolute Gasteiger partial charge is 0.252 e. The largest absolute Gasteiger partial charge is 0.322 e. The minimum absolute atomic E-state index is 0.0278. The molecule has 1 aliphatic carbocycles. The fraction of sp³-hybridized carbons (Fsp3) is 0.444. The zero-order valence-corrected chi connectivity index (χ0v) is 20.7. The number of tetrazole rings is 1. The fourth-order valence-corrected chi connectivity index (χ4v) is 5.49. The van der Waals surface area contributed by atoms with Gasteiger partial charge < -0.3 is 4.98 Å². The molecule has 0 bridgehead atoms. The Hall–Kier alpha value is -3.39. The quantitative estimate of drug-likeness (QED) is 0.397. The summed E-state index contributed by atoms with van der Waals surface area (Å²) in [5, 5.41) is 14.0. The van der Waals surface area contributed by atoms with Gasteiger partial charge in [0.15, 0.2) is 5.82 Å². The Morgan fingerprint density at radius 3 is 2.74 bits per heavy atom. The number of fused-ring (bicyclic) bond motifs is 1. The molecule has 1 N–H and O–H groups in total. The predicted molar refractivity (Wildman–Crippen MR) is 136 cm³/mol. The molecule has 5 rings (SSSR count). The van der Waals surface area contributed by atoms with Crippen molar-refractivity contribution < 1.29 is 0 Å². The Kier molecular flexibility index (Phi) is 6.72. The number of aromatic nitrogens is 6. The van der Waals surface area contributed by atoms with Crippen LogP contribution in [0.15, 0.2) is 47.5 Å². The third-order valence-electron chi connectivity index (χ3n) is 7.19. The van der Waals surface area contributed by atoms with Crippen LogP contribution in [0.3, 0.4) is 0 Å². The number of nitrogens with one attached hydrogen (secondary N) is 1. The van der Waals surface area contributed by atoms with E-state index in [1.54, 1.807) is 6.20 Å². The van der Waals surface area contributed by atoms with Crippen LogP contribution < -0.4 is 5.56 Å². The summed E-state index contributed by atoms with van der Waals surface area (Å²) < 4.78 is 2.04. The van der Waals surface area contributed by atoms with Crippen molar-refractivity contribution in [3.8, 4) is 0 Å². The van der Waals surface area contributed by atoms with E-state index in [0.717, 1.165) is 58.2 Å². The van der Waals surface area contributed by atoms with E-state index in [1.165, 1.54) is 12.8 Å². The molecule has 35 heavy (non-hydrogen) atoms. The lowest BCUT2D eigenvalue weighted by atomic mass is 10.0. The summed E-state index contributed by atoms with van der Waals surface area (Å²) in [5.41, 5.74) is 4.97. The monoisotopic (exact) mass is 471 g/mol. The lowest BCUT2D eigenvalue weighted by Crippen LogP contribution is -2.32. The molecule has 0 spiro atoms. The van der Waals surface area contributed by atoms with Gasteiger partial charge in [-0.05, 0) is 78.4 Å². The van der Waals surface area contributed by atoms with Gasteiger partial charge in [0.2, 0.25) is 0 Å². The first-order chi connectivity index (χ1) is 17.0. The van der Waals surface area contributed by atoms with E-state index in [9.17, 15) is 4.79 Å². The summed E-state index contributed by atoms with van der Waals surface area (Å²) in [6.07, 6.45) is 9.15. The molecule has 0 radical (unpaired) electrons. The van der Waals surface area contributed by atoms with Crippen LogP contribution >= 0.6 is 0 Å². The van der Waals surface area contributed by atoms with Gasteiger partial charge in [-0.2, -0.15) is 0 Å². The van der Waals surface area contributed by atoms with Crippen LogP contribution in [0, 0.1) is 13.8 Å². The molecular weight excluding hydrogens is 438 g/mol. The van der Waals surface area contributed by atoms with Gasteiger partial charge in [0, 0.05) is 41.9 Å². The van der Waals surface area contributed by atoms with Gasteiger partial charge in [-0.1, -0.05) is 31.9 Å². The lowest BCUT2D eigenvalue weighted by Gasteiger charge is -2.31. The average molecular weight is 472 g/mol. The molecule has 1 saturated carbocycles. The third kappa shape index (κ3) is 4.89. The first-order valence-corrected chi connectivity index (χ1v) is 12.6. The fourth-order valence-electron chi connectivity index (χ4n) is 5.49. The number of hydrogen-bond donors (Lipinski definition) is 1. The number of benzene rings is 1. The Morgan fingerprint density at radius 1 is 1.17 bits per heavy atom. The number of H-pyrrole nitrogens is 1. The van der Waals surface area contributed by atoms with E-state index in [0.29, 0.717) is 19.1 Å². The van der Waals surface area contributed by atoms with Gasteiger partial charge in [0.25, 0.3) is 5.56 Å². The van der Waals surface area contributed by atoms with E-state index in [4.69, 9.17) is 0 Å². The summed E-state index contributed by atoms with van der Waals surface area (Å²) >= 11 is 0. The SMILES string of the molecule is CC[C@@H](c1nnnn1C1CCCC1)N(Cc1cccnc1)Cc1cc2c(C)cc(C)cc2[nH]c1=O. The van der Waals surface area contributed by atoms with Crippen LogP contribution in [-0.4, -0.2) is 35.1 Å². The third-order valence-corrected chi connectivity index (χ3v) is 7.19. The Bertz CT molecular complexity index is 1360. The van der Waals surface area contributed by atoms with Crippen molar-refractivity contribution in [1.82, 2.24) is 35.1 Å². The molecule has 3 aromatic heterocycles. The second-order valence-electron chi connectivity index (χ2n) is 9.78. The first kappa shape index (κ1) is 23.4. The molecule has 182 valence electrons. The number of nitrogens with zero attached hydrogens (tertiary/aromatic N) is 6. The van der Waals surface area contributed by atoms with Gasteiger partial charge in [0.1, 0.15) is 0 Å². The van der Waals surface area contributed by atoms with Crippen LogP contribution in [0.4, 0.5) is 0 Å². The Morgan fingerprint density at radius 2 is 2.00 bits per heavy atom. The Balaban J connectivity index is 1.54. The molecule has 0 saturated heterocycles. The van der Waals surface area contributed by atoms with Crippen molar-refractivity contribution in [3.05, 3.63) is 81.2 Å². The number of aromatic amines is 1. The topological polar surface area (TPSA) is 92.6 Å². The zero-order chi connectivity index (χ0) is 24.4. The highest BCUT2D eigenvalue weighted by molar-refractivity contribution is 5.83. The van der Waals surface area contributed by atoms with Crippen LogP contribution in [0.25, 0.3) is 10.9 Å². The number of rotatable bonds is 8. The number of pyridine rings is 2. The van der Waals surface area contributed by atoms with E-state index in [-0.39, 0.29) is 11.6 Å². The normalized spacial score (nSPS) is 15.3. The molecule has 1 atom stereocenters. The van der Waals surface area contributed by atoms with Crippen molar-refractivity contribution >= 4 is 10.9 Å². The second-order valence-corrected chi connectivity index (χ2v) is 9.78. The molecular formula is C27H33N7O. The molecule has 8 heteroatoms. The highest BCUT2D eigenvalue weighted by Crippen LogP contribution is 2.33. The van der Waals surface area contributed by atoms with Gasteiger partial charge in [-0.3, -0.25) is 14.7 Å². The summed E-state index contributed by atoms with van der Waals surface area (Å²) in [4.78, 5) is 22.9. The predicted octanol–water partition coefficient (Wildman–Crippen LogP) is 4.80. The molecule has 1 fully saturated rings. The minimum atomic E-state index is -0.0519. The summed E-state index contributed by atoms with van der Waals surface area (Å²) in [6, 6.07) is 10.6. The molecule has 1 aromatic carbocycles. The summed E-state index contributed by atoms with van der Waals surface area (Å²) in [5.74, 6) is 0.882. The van der Waals surface area contributed by atoms with Crippen molar-refractivity contribution in [1.29, 1.82) is 0 Å². The highest BCUT2D eigenvalue weighted by atomic mass is 16.1. The standard InChI is InChI=1S/C27H33N7O/c1-4-25(26-30-31-32-34(26)22-9-5-6-10-22)33(16-20-8-7-11-28-15-20)17-21-14-23-19(3)12-18(2)13-24(23)29-27(21)35/h7-8,11-15,22,25H,4-6,9-10,16-17H2,1-3H3,(H,29,35)/t25-/m0/s1. The van der Waals surface area contributed by atoms with Crippen LogP contribution in [0.1, 0.15) is 79.2 Å². The average Bonchev–Trinajstić information content (AvgIpc) is 3.53. The molecule has 8 nitrogen and oxygen atoms in total. The summed E-state index contributed by atoms with van der Waals surface area (Å²) in [6.45, 7) is 7.44. The van der Waals surface area contributed by atoms with E-state index < -0.39 is 0 Å². The molecule has 4 aromatic rings. The number of aryl methyl sites for hydroxylation is 2. The molecule has 0 aliphatic heterocycles. The molecule has 1 aliphatic rings. The maximum atomic E-state index is 13.2. The van der Waals surface area contributed by atoms with Crippen molar-refractivity contribution in [2.24, 2.45) is 0 Å². The molecule has 0 amide bonds. The maximum absolute atomic E-state index is 13.2. The highest BCUT2D eigenvalue weighted by Gasteiger charge is 2.29. The van der Waals surface area contributed by atoms with Crippen molar-refractivity contribution in [3.63, 3.8) is 0 Å². The second kappa shape index (κ2) is 10.1. The van der Waals surface area contributed by atoms with Crippen molar-refractivity contribution in [2.75, 3.05) is 0 Å². The van der Waals surface area contributed by atoms with Gasteiger partial charge >= 0.3 is 0 Å². The van der Waals surface area contributed by atoms with Gasteiger partial charge in [-0.25, -0.2) is 4.68 Å². The van der Waals surface area contributed by atoms with Crippen LogP contribution in [0.2, 0.25) is 0 Å².